The third kappa shape index (κ3) is 41.1. The average molecular weight is 807 g/mol. The van der Waals surface area contributed by atoms with E-state index in [-0.39, 0.29) is 26.1 Å². The van der Waals surface area contributed by atoms with Crippen LogP contribution in [-0.4, -0.2) is 74.9 Å². The van der Waals surface area contributed by atoms with E-state index in [1.54, 1.807) is 0 Å². The van der Waals surface area contributed by atoms with Crippen LogP contribution in [0.4, 0.5) is 0 Å². The normalized spacial score (nSPS) is 14.3. The average Bonchev–Trinajstić information content (AvgIpc) is 3.15. The van der Waals surface area contributed by atoms with E-state index in [1.165, 1.54) is 25.7 Å². The largest absolute Gasteiger partial charge is 0.472 e. The molecular formula is C46H81NO8P+. The molecule has 0 aromatic carbocycles. The zero-order valence-corrected chi connectivity index (χ0v) is 37.0. The Kier molecular flexibility index (Phi) is 36.3. The summed E-state index contributed by atoms with van der Waals surface area (Å²) in [6, 6.07) is 0. The van der Waals surface area contributed by atoms with E-state index in [2.05, 4.69) is 86.8 Å². The SMILES string of the molecule is CC/C=C\C/C=C\C/C=C\C/C=C\CCCCCCC(=O)OC[C@H](COP(=O)(O)OCC[N+](C)(C)C)OC(=O)CCCCCCC/C=C\C/C=C\CCCCC. The summed E-state index contributed by atoms with van der Waals surface area (Å²) >= 11 is 0. The van der Waals surface area contributed by atoms with Crippen LogP contribution < -0.4 is 0 Å². The summed E-state index contributed by atoms with van der Waals surface area (Å²) in [6.45, 7) is 4.21. The molecule has 0 saturated carbocycles. The van der Waals surface area contributed by atoms with Gasteiger partial charge in [0.2, 0.25) is 0 Å². The molecule has 0 radical (unpaired) electrons. The van der Waals surface area contributed by atoms with Gasteiger partial charge < -0.3 is 18.9 Å². The van der Waals surface area contributed by atoms with E-state index >= 15 is 0 Å². The Morgan fingerprint density at radius 3 is 1.52 bits per heavy atom. The van der Waals surface area contributed by atoms with E-state index in [9.17, 15) is 19.0 Å². The minimum atomic E-state index is -4.39. The lowest BCUT2D eigenvalue weighted by atomic mass is 10.1. The molecule has 0 aliphatic carbocycles. The second kappa shape index (κ2) is 38.0. The quantitative estimate of drug-likeness (QED) is 0.0216. The minimum Gasteiger partial charge on any atom is -0.462 e. The number of carbonyl (C=O) groups excluding carboxylic acids is 2. The fraction of sp³-hybridized carbons (Fsp3) is 0.696. The molecule has 56 heavy (non-hydrogen) atoms. The van der Waals surface area contributed by atoms with Gasteiger partial charge in [-0.1, -0.05) is 132 Å². The van der Waals surface area contributed by atoms with Crippen molar-refractivity contribution >= 4 is 19.8 Å². The molecule has 0 aromatic rings. The zero-order valence-electron chi connectivity index (χ0n) is 36.1. The number of rotatable bonds is 38. The van der Waals surface area contributed by atoms with Crippen molar-refractivity contribution in [3.05, 3.63) is 72.9 Å². The molecule has 1 unspecified atom stereocenters. The van der Waals surface area contributed by atoms with Crippen molar-refractivity contribution in [1.29, 1.82) is 0 Å². The number of ether oxygens (including phenoxy) is 2. The van der Waals surface area contributed by atoms with E-state index in [1.807, 2.05) is 21.1 Å². The van der Waals surface area contributed by atoms with Gasteiger partial charge in [-0.2, -0.15) is 0 Å². The molecule has 322 valence electrons. The van der Waals surface area contributed by atoms with E-state index in [4.69, 9.17) is 18.5 Å². The van der Waals surface area contributed by atoms with Gasteiger partial charge in [-0.3, -0.25) is 18.6 Å². The number of quaternary nitrogens is 1. The molecule has 10 heteroatoms. The van der Waals surface area contributed by atoms with Gasteiger partial charge in [0.15, 0.2) is 6.10 Å². The number of nitrogens with zero attached hydrogens (tertiary/aromatic N) is 1. The Balaban J connectivity index is 4.45. The second-order valence-electron chi connectivity index (χ2n) is 15.3. The molecule has 0 heterocycles. The number of carbonyl (C=O) groups is 2. The molecule has 0 aromatic heterocycles. The number of unbranched alkanes of at least 4 members (excludes halogenated alkanes) is 12. The summed E-state index contributed by atoms with van der Waals surface area (Å²) < 4.78 is 34.2. The fourth-order valence-electron chi connectivity index (χ4n) is 5.33. The topological polar surface area (TPSA) is 108 Å². The number of esters is 2. The number of likely N-dealkylation sites (N-methyl/N-ethyl adjacent to an activating group) is 1. The van der Waals surface area contributed by atoms with Crippen molar-refractivity contribution in [2.75, 3.05) is 47.5 Å². The second-order valence-corrected chi connectivity index (χ2v) is 16.8. The van der Waals surface area contributed by atoms with Crippen molar-refractivity contribution in [3.63, 3.8) is 0 Å². The third-order valence-electron chi connectivity index (χ3n) is 8.72. The van der Waals surface area contributed by atoms with Gasteiger partial charge >= 0.3 is 19.8 Å². The van der Waals surface area contributed by atoms with Crippen molar-refractivity contribution < 1.29 is 42.1 Å². The highest BCUT2D eigenvalue weighted by molar-refractivity contribution is 7.47. The van der Waals surface area contributed by atoms with E-state index < -0.39 is 32.5 Å². The fourth-order valence-corrected chi connectivity index (χ4v) is 6.07. The highest BCUT2D eigenvalue weighted by Gasteiger charge is 2.27. The van der Waals surface area contributed by atoms with Gasteiger partial charge in [0.25, 0.3) is 0 Å². The molecule has 9 nitrogen and oxygen atoms in total. The van der Waals surface area contributed by atoms with Crippen LogP contribution in [-0.2, 0) is 32.7 Å². The van der Waals surface area contributed by atoms with Crippen molar-refractivity contribution in [3.8, 4) is 0 Å². The van der Waals surface area contributed by atoms with Crippen molar-refractivity contribution in [2.24, 2.45) is 0 Å². The lowest BCUT2D eigenvalue weighted by molar-refractivity contribution is -0.870. The van der Waals surface area contributed by atoms with Gasteiger partial charge in [-0.25, -0.2) is 4.57 Å². The molecule has 0 spiro atoms. The van der Waals surface area contributed by atoms with Crippen LogP contribution in [0.3, 0.4) is 0 Å². The van der Waals surface area contributed by atoms with Gasteiger partial charge in [0, 0.05) is 12.8 Å². The number of phosphoric acid groups is 1. The first kappa shape index (κ1) is 53.5. The van der Waals surface area contributed by atoms with Crippen molar-refractivity contribution in [1.82, 2.24) is 0 Å². The van der Waals surface area contributed by atoms with Gasteiger partial charge in [-0.05, 0) is 83.5 Å². The predicted octanol–water partition coefficient (Wildman–Crippen LogP) is 12.2. The molecule has 0 bridgehead atoms. The number of allylic oxidation sites excluding steroid dienone is 12. The van der Waals surface area contributed by atoms with Crippen LogP contribution in [0, 0.1) is 0 Å². The molecule has 2 atom stereocenters. The minimum absolute atomic E-state index is 0.0208. The number of hydrogen-bond donors (Lipinski definition) is 1. The molecule has 0 aliphatic heterocycles. The molecule has 1 N–H and O–H groups in total. The Morgan fingerprint density at radius 2 is 1.02 bits per heavy atom. The highest BCUT2D eigenvalue weighted by atomic mass is 31.2. The molecule has 0 rings (SSSR count). The summed E-state index contributed by atoms with van der Waals surface area (Å²) in [6.07, 6.45) is 46.6. The first-order valence-corrected chi connectivity index (χ1v) is 23.2. The van der Waals surface area contributed by atoms with Crippen LogP contribution in [0.5, 0.6) is 0 Å². The van der Waals surface area contributed by atoms with Crippen molar-refractivity contribution in [2.45, 2.75) is 161 Å². The van der Waals surface area contributed by atoms with Gasteiger partial charge in [0.1, 0.15) is 19.8 Å². The molecule has 0 aliphatic rings. The Bertz CT molecular complexity index is 1180. The maximum absolute atomic E-state index is 12.7. The number of phosphoric ester groups is 1. The lowest BCUT2D eigenvalue weighted by Crippen LogP contribution is -2.37. The molecule has 0 fully saturated rings. The monoisotopic (exact) mass is 807 g/mol. The predicted molar refractivity (Wildman–Crippen MR) is 233 cm³/mol. The van der Waals surface area contributed by atoms with Crippen LogP contribution in [0.25, 0.3) is 0 Å². The first-order valence-electron chi connectivity index (χ1n) is 21.7. The van der Waals surface area contributed by atoms with Gasteiger partial charge in [0.05, 0.1) is 27.7 Å². The Morgan fingerprint density at radius 1 is 0.571 bits per heavy atom. The maximum Gasteiger partial charge on any atom is 0.472 e. The summed E-state index contributed by atoms with van der Waals surface area (Å²) in [4.78, 5) is 35.3. The standard InChI is InChI=1S/C46H80NO8P/c1-6-8-10-12-14-16-18-20-22-23-25-26-28-30-32-34-36-38-45(48)52-42-44(43-54-56(50,51)53-41-40-47(3,4)5)55-46(49)39-37-35-33-31-29-27-24-21-19-17-15-13-11-9-7-2/h8,10,14-17,20-22,24-26,44H,6-7,9,11-13,18-19,23,27-43H2,1-5H3/p+1/b10-8-,16-14-,17-15-,22-20-,24-21-,26-25-/t44-/m1/s1. The first-order chi connectivity index (χ1) is 27.0. The smallest absolute Gasteiger partial charge is 0.462 e. The summed E-state index contributed by atoms with van der Waals surface area (Å²) in [5.74, 6) is -0.850. The zero-order chi connectivity index (χ0) is 41.4. The Labute approximate surface area is 342 Å². The van der Waals surface area contributed by atoms with E-state index in [0.717, 1.165) is 89.9 Å². The van der Waals surface area contributed by atoms with Crippen LogP contribution in [0.1, 0.15) is 155 Å². The Hall–Kier alpha value is -2.55. The third-order valence-corrected chi connectivity index (χ3v) is 9.70. The maximum atomic E-state index is 12.7. The molecule has 0 saturated heterocycles. The molecular weight excluding hydrogens is 725 g/mol. The van der Waals surface area contributed by atoms with Crippen LogP contribution in [0.2, 0.25) is 0 Å². The highest BCUT2D eigenvalue weighted by Crippen LogP contribution is 2.43. The van der Waals surface area contributed by atoms with Crippen LogP contribution >= 0.6 is 7.82 Å². The summed E-state index contributed by atoms with van der Waals surface area (Å²) in [7, 11) is 1.44. The number of hydrogen-bond acceptors (Lipinski definition) is 7. The van der Waals surface area contributed by atoms with Gasteiger partial charge in [-0.15, -0.1) is 0 Å². The van der Waals surface area contributed by atoms with Crippen LogP contribution in [0.15, 0.2) is 72.9 Å². The summed E-state index contributed by atoms with van der Waals surface area (Å²) in [5.41, 5.74) is 0. The molecule has 0 amide bonds. The summed E-state index contributed by atoms with van der Waals surface area (Å²) in [5, 5.41) is 0. The van der Waals surface area contributed by atoms with E-state index in [0.29, 0.717) is 23.9 Å². The lowest BCUT2D eigenvalue weighted by Gasteiger charge is -2.24.